The van der Waals surface area contributed by atoms with E-state index >= 15 is 0 Å². The molecule has 0 spiro atoms. The lowest BCUT2D eigenvalue weighted by molar-refractivity contribution is -0.139. The summed E-state index contributed by atoms with van der Waals surface area (Å²) in [6.07, 6.45) is 0.612. The molecule has 3 heterocycles. The zero-order chi connectivity index (χ0) is 38.8. The number of rotatable bonds is 8. The van der Waals surface area contributed by atoms with Crippen molar-refractivity contribution in [3.8, 4) is 0 Å². The fourth-order valence-corrected chi connectivity index (χ4v) is 6.94. The van der Waals surface area contributed by atoms with E-state index in [4.69, 9.17) is 18.9 Å². The minimum Gasteiger partial charge on any atom is -0.377 e. The van der Waals surface area contributed by atoms with E-state index in [9.17, 15) is 28.8 Å². The number of carbonyl (C=O) groups excluding carboxylic acids is 6. The molecule has 5 rings (SSSR count). The first kappa shape index (κ1) is 40.7. The van der Waals surface area contributed by atoms with Gasteiger partial charge in [-0.25, -0.2) is 0 Å². The topological polar surface area (TPSA) is 152 Å². The fraction of sp³-hybridized carbons (Fsp3) is 0.550. The Morgan fingerprint density at radius 2 is 0.741 bits per heavy atom. The molecule has 0 radical (unpaired) electrons. The second-order valence-electron chi connectivity index (χ2n) is 14.4. The van der Waals surface area contributed by atoms with E-state index in [1.807, 2.05) is 27.7 Å². The summed E-state index contributed by atoms with van der Waals surface area (Å²) in [5.41, 5.74) is 1.17. The van der Waals surface area contributed by atoms with Crippen LogP contribution < -0.4 is 0 Å². The van der Waals surface area contributed by atoms with Gasteiger partial charge in [-0.2, -0.15) is 0 Å². The van der Waals surface area contributed by atoms with Crippen LogP contribution in [0.5, 0.6) is 0 Å². The Labute approximate surface area is 316 Å². The van der Waals surface area contributed by atoms with E-state index in [-0.39, 0.29) is 103 Å². The number of imide groups is 2. The third-order valence-corrected chi connectivity index (χ3v) is 9.62. The van der Waals surface area contributed by atoms with Crippen molar-refractivity contribution in [3.05, 3.63) is 70.8 Å². The van der Waals surface area contributed by atoms with Gasteiger partial charge in [0.2, 0.25) is 11.8 Å². The molecule has 2 atom stereocenters. The molecular formula is C40H52N4O10. The molecule has 0 aliphatic carbocycles. The van der Waals surface area contributed by atoms with E-state index in [0.29, 0.717) is 35.1 Å². The lowest BCUT2D eigenvalue weighted by atomic mass is 10.0. The van der Waals surface area contributed by atoms with Gasteiger partial charge in [-0.3, -0.25) is 38.6 Å². The molecule has 14 nitrogen and oxygen atoms in total. The maximum absolute atomic E-state index is 14.1. The van der Waals surface area contributed by atoms with Gasteiger partial charge in [0.15, 0.2) is 0 Å². The fourth-order valence-electron chi connectivity index (χ4n) is 6.94. The second-order valence-corrected chi connectivity index (χ2v) is 14.4. The minimum absolute atomic E-state index is 0.0279. The van der Waals surface area contributed by atoms with E-state index < -0.39 is 35.7 Å². The lowest BCUT2D eigenvalue weighted by Gasteiger charge is -2.33. The molecular weight excluding hydrogens is 696 g/mol. The number of carbonyl (C=O) groups is 6. The average Bonchev–Trinajstić information content (AvgIpc) is 3.55. The third kappa shape index (κ3) is 9.59. The molecule has 0 bridgehead atoms. The van der Waals surface area contributed by atoms with Crippen LogP contribution in [0.3, 0.4) is 0 Å². The summed E-state index contributed by atoms with van der Waals surface area (Å²) in [4.78, 5) is 87.1. The Balaban J connectivity index is 1.20. The van der Waals surface area contributed by atoms with Crippen molar-refractivity contribution < 1.29 is 47.7 Å². The highest BCUT2D eigenvalue weighted by atomic mass is 16.5. The van der Waals surface area contributed by atoms with Gasteiger partial charge >= 0.3 is 0 Å². The van der Waals surface area contributed by atoms with Crippen molar-refractivity contribution in [2.45, 2.75) is 52.6 Å². The van der Waals surface area contributed by atoms with Crippen molar-refractivity contribution in [3.63, 3.8) is 0 Å². The van der Waals surface area contributed by atoms with Crippen LogP contribution in [0.1, 0.15) is 82.0 Å². The zero-order valence-corrected chi connectivity index (χ0v) is 31.7. The molecule has 2 aromatic carbocycles. The highest BCUT2D eigenvalue weighted by Gasteiger charge is 2.45. The van der Waals surface area contributed by atoms with Crippen LogP contribution >= 0.6 is 0 Å². The van der Waals surface area contributed by atoms with Crippen LogP contribution in [0.2, 0.25) is 0 Å². The predicted octanol–water partition coefficient (Wildman–Crippen LogP) is 3.15. The van der Waals surface area contributed by atoms with Gasteiger partial charge in [-0.15, -0.1) is 0 Å². The molecule has 0 saturated carbocycles. The lowest BCUT2D eigenvalue weighted by Crippen LogP contribution is -2.53. The van der Waals surface area contributed by atoms with Gasteiger partial charge in [-0.1, -0.05) is 52.0 Å². The van der Waals surface area contributed by atoms with Gasteiger partial charge < -0.3 is 28.7 Å². The van der Waals surface area contributed by atoms with Gasteiger partial charge in [0.25, 0.3) is 23.6 Å². The summed E-state index contributed by atoms with van der Waals surface area (Å²) >= 11 is 0. The summed E-state index contributed by atoms with van der Waals surface area (Å²) in [5, 5.41) is 0. The number of fused-ring (bicyclic) bond motifs is 2. The summed E-state index contributed by atoms with van der Waals surface area (Å²) in [7, 11) is 0. The first-order chi connectivity index (χ1) is 26.0. The molecule has 2 aromatic rings. The van der Waals surface area contributed by atoms with Crippen molar-refractivity contribution in [2.24, 2.45) is 11.8 Å². The minimum atomic E-state index is -0.982. The summed E-state index contributed by atoms with van der Waals surface area (Å²) in [6, 6.07) is 11.2. The molecule has 1 fully saturated rings. The van der Waals surface area contributed by atoms with Crippen molar-refractivity contribution in [1.82, 2.24) is 19.6 Å². The predicted molar refractivity (Wildman–Crippen MR) is 197 cm³/mol. The molecule has 292 valence electrons. The maximum Gasteiger partial charge on any atom is 0.262 e. The molecule has 14 heteroatoms. The van der Waals surface area contributed by atoms with Crippen LogP contribution in [0.25, 0.3) is 0 Å². The number of nitrogens with zero attached hydrogens (tertiary/aromatic N) is 4. The van der Waals surface area contributed by atoms with Gasteiger partial charge in [0, 0.05) is 26.2 Å². The van der Waals surface area contributed by atoms with Gasteiger partial charge in [-0.05, 0) is 48.9 Å². The van der Waals surface area contributed by atoms with E-state index in [1.54, 1.807) is 58.3 Å². The van der Waals surface area contributed by atoms with Crippen LogP contribution in [-0.4, -0.2) is 146 Å². The molecule has 0 aromatic heterocycles. The summed E-state index contributed by atoms with van der Waals surface area (Å²) in [5.74, 6) is -2.55. The average molecular weight is 749 g/mol. The molecule has 3 aliphatic rings. The van der Waals surface area contributed by atoms with Crippen LogP contribution in [0, 0.1) is 11.8 Å². The quantitative estimate of drug-likeness (QED) is 0.369. The van der Waals surface area contributed by atoms with Gasteiger partial charge in [0.05, 0.1) is 75.1 Å². The van der Waals surface area contributed by atoms with Crippen LogP contribution in [0.15, 0.2) is 48.5 Å². The Hall–Kier alpha value is -4.50. The largest absolute Gasteiger partial charge is 0.377 e. The number of hydrogen-bond donors (Lipinski definition) is 0. The second kappa shape index (κ2) is 19.2. The third-order valence-electron chi connectivity index (χ3n) is 9.62. The SMILES string of the molecule is CC(C)C[C@@H](C(=O)N1CCOCCOCCN(C(=O)[C@H](CC(C)C)N2C(=O)c3ccccc3C2=O)CCOCCOCC1)N1C(=O)c2ccccc2C1=O. The summed E-state index contributed by atoms with van der Waals surface area (Å²) < 4.78 is 23.3. The Bertz CT molecular complexity index is 1470. The molecule has 3 aliphatic heterocycles. The van der Waals surface area contributed by atoms with Crippen molar-refractivity contribution >= 4 is 35.4 Å². The Kier molecular flexibility index (Phi) is 14.5. The zero-order valence-electron chi connectivity index (χ0n) is 31.7. The van der Waals surface area contributed by atoms with Crippen LogP contribution in [0.4, 0.5) is 0 Å². The Morgan fingerprint density at radius 3 is 0.981 bits per heavy atom. The number of amides is 6. The number of ether oxygens (including phenoxy) is 4. The normalized spacial score (nSPS) is 19.5. The van der Waals surface area contributed by atoms with E-state index in [2.05, 4.69) is 0 Å². The monoisotopic (exact) mass is 748 g/mol. The highest BCUT2D eigenvalue weighted by Crippen LogP contribution is 2.29. The molecule has 6 amide bonds. The van der Waals surface area contributed by atoms with E-state index in [1.165, 1.54) is 0 Å². The molecule has 1 saturated heterocycles. The number of benzene rings is 2. The maximum atomic E-state index is 14.1. The van der Waals surface area contributed by atoms with Crippen molar-refractivity contribution in [1.29, 1.82) is 0 Å². The van der Waals surface area contributed by atoms with Crippen LogP contribution in [-0.2, 0) is 28.5 Å². The van der Waals surface area contributed by atoms with Gasteiger partial charge in [0.1, 0.15) is 12.1 Å². The first-order valence-corrected chi connectivity index (χ1v) is 18.8. The first-order valence-electron chi connectivity index (χ1n) is 18.8. The molecule has 0 N–H and O–H groups in total. The summed E-state index contributed by atoms with van der Waals surface area (Å²) in [6.45, 7) is 10.2. The Morgan fingerprint density at radius 1 is 0.481 bits per heavy atom. The van der Waals surface area contributed by atoms with Crippen molar-refractivity contribution in [2.75, 3.05) is 79.0 Å². The molecule has 54 heavy (non-hydrogen) atoms. The molecule has 0 unspecified atom stereocenters. The smallest absolute Gasteiger partial charge is 0.262 e. The van der Waals surface area contributed by atoms with E-state index in [0.717, 1.165) is 9.80 Å². The number of hydrogen-bond acceptors (Lipinski definition) is 10. The highest BCUT2D eigenvalue weighted by molar-refractivity contribution is 6.23. The standard InChI is InChI=1S/C40H52N4O10/c1-27(2)25-33(43-35(45)29-9-5-6-10-30(29)36(43)46)39(49)41-13-17-51-21-23-53-19-15-42(16-20-54-24-22-52-18-14-41)40(50)34(26-28(3)4)44-37(47)31-11-7-8-12-32(31)38(44)48/h5-12,27-28,33-34H,13-26H2,1-4H3/t33-,34-/m0/s1.